The molecule has 1 N–H and O–H groups in total. The maximum absolute atomic E-state index is 7.50. The minimum Gasteiger partial charge on any atom is -0.310 e. The van der Waals surface area contributed by atoms with Gasteiger partial charge in [-0.1, -0.05) is 38.7 Å². The molecule has 0 aliphatic carbocycles. The van der Waals surface area contributed by atoms with Crippen LogP contribution in [0.1, 0.15) is 64.7 Å². The number of rotatable bonds is 10. The van der Waals surface area contributed by atoms with Crippen LogP contribution in [0.5, 0.6) is 0 Å². The minimum absolute atomic E-state index is 0.914. The summed E-state index contributed by atoms with van der Waals surface area (Å²) in [6.45, 7) is 5.78. The van der Waals surface area contributed by atoms with Crippen LogP contribution in [0.4, 0.5) is 0 Å². The van der Waals surface area contributed by atoms with E-state index < -0.39 is 0 Å². The maximum atomic E-state index is 7.50. The summed E-state index contributed by atoms with van der Waals surface area (Å²) in [5.74, 6) is 0. The fourth-order valence-corrected chi connectivity index (χ4v) is 1.51. The van der Waals surface area contributed by atoms with Crippen molar-refractivity contribution in [1.29, 1.82) is 5.41 Å². The Morgan fingerprint density at radius 2 is 1.64 bits per heavy atom. The van der Waals surface area contributed by atoms with Crippen LogP contribution >= 0.6 is 0 Å². The molecule has 1 heteroatoms. The van der Waals surface area contributed by atoms with Gasteiger partial charge in [0, 0.05) is 5.71 Å². The van der Waals surface area contributed by atoms with E-state index >= 15 is 0 Å². The third-order valence-corrected chi connectivity index (χ3v) is 2.56. The van der Waals surface area contributed by atoms with Crippen molar-refractivity contribution in [2.75, 3.05) is 0 Å². The van der Waals surface area contributed by atoms with E-state index in [1.165, 1.54) is 44.9 Å². The molecular formula is C13H25N. The summed E-state index contributed by atoms with van der Waals surface area (Å²) in [5.41, 5.74) is 0.914. The van der Waals surface area contributed by atoms with Crippen molar-refractivity contribution >= 4 is 5.71 Å². The van der Waals surface area contributed by atoms with Crippen LogP contribution in [0, 0.1) is 5.41 Å². The van der Waals surface area contributed by atoms with Crippen molar-refractivity contribution < 1.29 is 0 Å². The molecule has 0 spiro atoms. The summed E-state index contributed by atoms with van der Waals surface area (Å²) in [6.07, 6.45) is 13.0. The second kappa shape index (κ2) is 10.5. The zero-order valence-electron chi connectivity index (χ0n) is 9.65. The molecule has 0 rings (SSSR count). The quantitative estimate of drug-likeness (QED) is 0.296. The van der Waals surface area contributed by atoms with Crippen molar-refractivity contribution in [3.05, 3.63) is 12.7 Å². The van der Waals surface area contributed by atoms with E-state index in [0.29, 0.717) is 0 Å². The van der Waals surface area contributed by atoms with Crippen LogP contribution in [0.15, 0.2) is 12.7 Å². The van der Waals surface area contributed by atoms with Crippen molar-refractivity contribution in [1.82, 2.24) is 0 Å². The monoisotopic (exact) mass is 195 g/mol. The maximum Gasteiger partial charge on any atom is 0.00864 e. The normalized spacial score (nSPS) is 10.1. The first-order valence-corrected chi connectivity index (χ1v) is 5.98. The molecule has 0 aromatic carbocycles. The molecular weight excluding hydrogens is 170 g/mol. The highest BCUT2D eigenvalue weighted by Crippen LogP contribution is 2.09. The third-order valence-electron chi connectivity index (χ3n) is 2.56. The first kappa shape index (κ1) is 13.4. The molecule has 1 nitrogen and oxygen atoms in total. The van der Waals surface area contributed by atoms with E-state index in [1.54, 1.807) is 0 Å². The molecule has 0 saturated heterocycles. The molecule has 0 bridgehead atoms. The van der Waals surface area contributed by atoms with Gasteiger partial charge in [-0.05, 0) is 32.1 Å². The predicted molar refractivity (Wildman–Crippen MR) is 65.2 cm³/mol. The molecule has 0 aliphatic rings. The molecule has 0 aromatic rings. The van der Waals surface area contributed by atoms with E-state index in [-0.39, 0.29) is 0 Å². The molecule has 0 aromatic heterocycles. The van der Waals surface area contributed by atoms with Crippen LogP contribution in [0.2, 0.25) is 0 Å². The van der Waals surface area contributed by atoms with Gasteiger partial charge < -0.3 is 5.41 Å². The van der Waals surface area contributed by atoms with E-state index in [1.807, 2.05) is 6.08 Å². The van der Waals surface area contributed by atoms with Gasteiger partial charge in [-0.15, -0.1) is 6.58 Å². The number of hydrogen-bond donors (Lipinski definition) is 1. The van der Waals surface area contributed by atoms with Crippen LogP contribution in [-0.4, -0.2) is 5.71 Å². The Balaban J connectivity index is 2.98. The molecule has 0 amide bonds. The molecule has 0 aliphatic heterocycles. The van der Waals surface area contributed by atoms with Gasteiger partial charge in [-0.3, -0.25) is 0 Å². The van der Waals surface area contributed by atoms with Crippen molar-refractivity contribution in [2.45, 2.75) is 64.7 Å². The SMILES string of the molecule is C=CCCCCCCCCC(=N)CC. The van der Waals surface area contributed by atoms with Crippen molar-refractivity contribution in [3.8, 4) is 0 Å². The molecule has 0 radical (unpaired) electrons. The van der Waals surface area contributed by atoms with Gasteiger partial charge in [0.1, 0.15) is 0 Å². The Bertz CT molecular complexity index is 149. The summed E-state index contributed by atoms with van der Waals surface area (Å²) in [4.78, 5) is 0. The average molecular weight is 195 g/mol. The smallest absolute Gasteiger partial charge is 0.00864 e. The lowest BCUT2D eigenvalue weighted by Crippen LogP contribution is -1.92. The summed E-state index contributed by atoms with van der Waals surface area (Å²) in [6, 6.07) is 0. The minimum atomic E-state index is 0.914. The van der Waals surface area contributed by atoms with Crippen LogP contribution < -0.4 is 0 Å². The van der Waals surface area contributed by atoms with Gasteiger partial charge in [0.15, 0.2) is 0 Å². The highest BCUT2D eigenvalue weighted by Gasteiger charge is 1.94. The van der Waals surface area contributed by atoms with Gasteiger partial charge in [0.2, 0.25) is 0 Å². The van der Waals surface area contributed by atoms with Crippen molar-refractivity contribution in [2.24, 2.45) is 0 Å². The first-order valence-electron chi connectivity index (χ1n) is 5.98. The van der Waals surface area contributed by atoms with Gasteiger partial charge in [-0.25, -0.2) is 0 Å². The fraction of sp³-hybridized carbons (Fsp3) is 0.769. The lowest BCUT2D eigenvalue weighted by molar-refractivity contribution is 0.602. The summed E-state index contributed by atoms with van der Waals surface area (Å²) < 4.78 is 0. The number of nitrogens with one attached hydrogen (secondary N) is 1. The molecule has 0 saturated carbocycles. The van der Waals surface area contributed by atoms with Gasteiger partial charge in [0.05, 0.1) is 0 Å². The predicted octanol–water partition coefficient (Wildman–Crippen LogP) is 4.72. The number of unbranched alkanes of at least 4 members (excludes halogenated alkanes) is 6. The van der Waals surface area contributed by atoms with Crippen LogP contribution in [0.3, 0.4) is 0 Å². The second-order valence-electron chi connectivity index (χ2n) is 3.91. The Labute approximate surface area is 89.1 Å². The Morgan fingerprint density at radius 1 is 1.07 bits per heavy atom. The number of hydrogen-bond acceptors (Lipinski definition) is 1. The molecule has 82 valence electrons. The first-order chi connectivity index (χ1) is 6.81. The third kappa shape index (κ3) is 9.50. The van der Waals surface area contributed by atoms with Crippen LogP contribution in [-0.2, 0) is 0 Å². The Kier molecular flexibility index (Phi) is 10.0. The Morgan fingerprint density at radius 3 is 2.21 bits per heavy atom. The lowest BCUT2D eigenvalue weighted by atomic mass is 10.1. The molecule has 0 fully saturated rings. The standard InChI is InChI=1S/C13H25N/c1-3-5-6-7-8-9-10-11-12-13(14)4-2/h3,14H,1,4-12H2,2H3. The van der Waals surface area contributed by atoms with E-state index in [9.17, 15) is 0 Å². The van der Waals surface area contributed by atoms with Gasteiger partial charge in [0.25, 0.3) is 0 Å². The summed E-state index contributed by atoms with van der Waals surface area (Å²) in [5, 5.41) is 7.50. The highest BCUT2D eigenvalue weighted by molar-refractivity contribution is 5.80. The topological polar surface area (TPSA) is 23.9 Å². The van der Waals surface area contributed by atoms with Gasteiger partial charge in [-0.2, -0.15) is 0 Å². The lowest BCUT2D eigenvalue weighted by Gasteiger charge is -2.01. The summed E-state index contributed by atoms with van der Waals surface area (Å²) in [7, 11) is 0. The number of allylic oxidation sites excluding steroid dienone is 1. The van der Waals surface area contributed by atoms with E-state index in [0.717, 1.165) is 18.6 Å². The molecule has 0 atom stereocenters. The zero-order valence-corrected chi connectivity index (χ0v) is 9.65. The second-order valence-corrected chi connectivity index (χ2v) is 3.91. The van der Waals surface area contributed by atoms with Crippen molar-refractivity contribution in [3.63, 3.8) is 0 Å². The highest BCUT2D eigenvalue weighted by atomic mass is 14.4. The average Bonchev–Trinajstić information content (AvgIpc) is 2.21. The van der Waals surface area contributed by atoms with E-state index in [2.05, 4.69) is 13.5 Å². The molecule has 0 heterocycles. The fourth-order valence-electron chi connectivity index (χ4n) is 1.51. The molecule has 0 unspecified atom stereocenters. The summed E-state index contributed by atoms with van der Waals surface area (Å²) >= 11 is 0. The van der Waals surface area contributed by atoms with E-state index in [4.69, 9.17) is 5.41 Å². The largest absolute Gasteiger partial charge is 0.310 e. The molecule has 14 heavy (non-hydrogen) atoms. The zero-order chi connectivity index (χ0) is 10.6. The Hall–Kier alpha value is -0.590. The van der Waals surface area contributed by atoms with Gasteiger partial charge >= 0.3 is 0 Å². The van der Waals surface area contributed by atoms with Crippen LogP contribution in [0.25, 0.3) is 0 Å².